The summed E-state index contributed by atoms with van der Waals surface area (Å²) >= 11 is 6.75. The first-order valence-corrected chi connectivity index (χ1v) is 6.82. The first-order valence-electron chi connectivity index (χ1n) is 5.24. The third-order valence-corrected chi connectivity index (χ3v) is 3.58. The van der Waals surface area contributed by atoms with E-state index < -0.39 is 0 Å². The molecule has 0 spiro atoms. The van der Waals surface area contributed by atoms with Crippen LogP contribution in [0, 0.1) is 18.3 Å². The van der Waals surface area contributed by atoms with Crippen molar-refractivity contribution in [2.45, 2.75) is 6.92 Å². The van der Waals surface area contributed by atoms with E-state index >= 15 is 0 Å². The molecule has 0 amide bonds. The first kappa shape index (κ1) is 13.1. The summed E-state index contributed by atoms with van der Waals surface area (Å²) in [5.74, 6) is 1.50. The maximum Gasteiger partial charge on any atom is 0.130 e. The third kappa shape index (κ3) is 2.92. The van der Waals surface area contributed by atoms with Crippen molar-refractivity contribution in [2.75, 3.05) is 0 Å². The molecule has 0 unspecified atom stereocenters. The molecule has 0 saturated heterocycles. The van der Waals surface area contributed by atoms with Gasteiger partial charge in [0.15, 0.2) is 0 Å². The second-order valence-corrected chi connectivity index (χ2v) is 5.54. The van der Waals surface area contributed by atoms with Gasteiger partial charge in [-0.15, -0.1) is 0 Å². The van der Waals surface area contributed by atoms with Crippen molar-refractivity contribution in [1.29, 1.82) is 5.26 Å². The second-order valence-electron chi connectivity index (χ2n) is 3.77. The van der Waals surface area contributed by atoms with E-state index in [1.807, 2.05) is 25.1 Å². The number of nitrogens with zero attached hydrogens (tertiary/aromatic N) is 1. The van der Waals surface area contributed by atoms with Crippen molar-refractivity contribution in [3.63, 3.8) is 0 Å². The standard InChI is InChI=1S/C14H9Br2NO/c1-9-6-11(15)3-5-14(9)18-12-4-2-10(8-17)13(16)7-12/h2-7H,1H3. The van der Waals surface area contributed by atoms with E-state index in [1.54, 1.807) is 18.2 Å². The van der Waals surface area contributed by atoms with Gasteiger partial charge in [-0.3, -0.25) is 0 Å². The second kappa shape index (κ2) is 5.55. The molecule has 0 fully saturated rings. The van der Waals surface area contributed by atoms with Crippen LogP contribution in [0.25, 0.3) is 0 Å². The zero-order valence-corrected chi connectivity index (χ0v) is 12.7. The lowest BCUT2D eigenvalue weighted by molar-refractivity contribution is 0.478. The number of aryl methyl sites for hydroxylation is 1. The van der Waals surface area contributed by atoms with Crippen molar-refractivity contribution in [3.05, 3.63) is 56.5 Å². The fraction of sp³-hybridized carbons (Fsp3) is 0.0714. The number of ether oxygens (including phenoxy) is 1. The van der Waals surface area contributed by atoms with Crippen LogP contribution < -0.4 is 4.74 Å². The molecule has 0 heterocycles. The average Bonchev–Trinajstić information content (AvgIpc) is 2.33. The highest BCUT2D eigenvalue weighted by atomic mass is 79.9. The maximum absolute atomic E-state index is 8.85. The van der Waals surface area contributed by atoms with E-state index in [4.69, 9.17) is 10.00 Å². The predicted molar refractivity (Wildman–Crippen MR) is 77.8 cm³/mol. The van der Waals surface area contributed by atoms with Gasteiger partial charge in [0, 0.05) is 8.95 Å². The number of nitriles is 1. The Morgan fingerprint density at radius 2 is 1.89 bits per heavy atom. The molecule has 2 nitrogen and oxygen atoms in total. The average molecular weight is 367 g/mol. The van der Waals surface area contributed by atoms with E-state index in [0.29, 0.717) is 11.3 Å². The van der Waals surface area contributed by atoms with Gasteiger partial charge in [0.1, 0.15) is 17.6 Å². The summed E-state index contributed by atoms with van der Waals surface area (Å²) in [6.45, 7) is 1.98. The Labute approximate surface area is 122 Å². The number of halogens is 2. The van der Waals surface area contributed by atoms with Gasteiger partial charge in [0.05, 0.1) is 5.56 Å². The van der Waals surface area contributed by atoms with E-state index in [1.165, 1.54) is 0 Å². The van der Waals surface area contributed by atoms with Crippen LogP contribution in [0.4, 0.5) is 0 Å². The molecule has 0 atom stereocenters. The molecule has 2 aromatic rings. The van der Waals surface area contributed by atoms with Crippen LogP contribution in [0.1, 0.15) is 11.1 Å². The maximum atomic E-state index is 8.85. The van der Waals surface area contributed by atoms with Crippen LogP contribution in [0.2, 0.25) is 0 Å². The summed E-state index contributed by atoms with van der Waals surface area (Å²) in [6.07, 6.45) is 0. The smallest absolute Gasteiger partial charge is 0.130 e. The number of benzene rings is 2. The van der Waals surface area contributed by atoms with E-state index in [2.05, 4.69) is 37.9 Å². The minimum Gasteiger partial charge on any atom is -0.457 e. The summed E-state index contributed by atoms with van der Waals surface area (Å²) < 4.78 is 7.54. The molecule has 0 N–H and O–H groups in total. The summed E-state index contributed by atoms with van der Waals surface area (Å²) in [6, 6.07) is 13.2. The van der Waals surface area contributed by atoms with Crippen LogP contribution in [0.5, 0.6) is 11.5 Å². The van der Waals surface area contributed by atoms with Crippen LogP contribution in [-0.2, 0) is 0 Å². The van der Waals surface area contributed by atoms with Gasteiger partial charge >= 0.3 is 0 Å². The Balaban J connectivity index is 2.29. The number of rotatable bonds is 2. The monoisotopic (exact) mass is 365 g/mol. The van der Waals surface area contributed by atoms with E-state index in [0.717, 1.165) is 20.3 Å². The molecule has 4 heteroatoms. The molecule has 0 bridgehead atoms. The lowest BCUT2D eigenvalue weighted by Gasteiger charge is -2.09. The van der Waals surface area contributed by atoms with Crippen molar-refractivity contribution in [1.82, 2.24) is 0 Å². The molecular weight excluding hydrogens is 358 g/mol. The lowest BCUT2D eigenvalue weighted by Crippen LogP contribution is -1.88. The molecule has 0 aliphatic rings. The Hall–Kier alpha value is -1.31. The molecule has 90 valence electrons. The predicted octanol–water partition coefficient (Wildman–Crippen LogP) is 5.18. The first-order chi connectivity index (χ1) is 8.60. The van der Waals surface area contributed by atoms with Crippen molar-refractivity contribution in [3.8, 4) is 17.6 Å². The SMILES string of the molecule is Cc1cc(Br)ccc1Oc1ccc(C#N)c(Br)c1. The highest BCUT2D eigenvalue weighted by Gasteiger charge is 2.05. The molecule has 0 aliphatic heterocycles. The topological polar surface area (TPSA) is 33.0 Å². The van der Waals surface area contributed by atoms with Gasteiger partial charge in [0.2, 0.25) is 0 Å². The Bertz CT molecular complexity index is 632. The molecule has 2 aromatic carbocycles. The molecule has 0 saturated carbocycles. The lowest BCUT2D eigenvalue weighted by atomic mass is 10.2. The fourth-order valence-corrected chi connectivity index (χ4v) is 2.43. The summed E-state index contributed by atoms with van der Waals surface area (Å²) in [5, 5.41) is 8.85. The number of hydrogen-bond acceptors (Lipinski definition) is 2. The van der Waals surface area contributed by atoms with Gasteiger partial charge in [-0.1, -0.05) is 15.9 Å². The van der Waals surface area contributed by atoms with E-state index in [9.17, 15) is 0 Å². The van der Waals surface area contributed by atoms with Gasteiger partial charge in [-0.25, -0.2) is 0 Å². The zero-order chi connectivity index (χ0) is 13.1. The minimum absolute atomic E-state index is 0.592. The Morgan fingerprint density at radius 1 is 1.11 bits per heavy atom. The molecular formula is C14H9Br2NO. The zero-order valence-electron chi connectivity index (χ0n) is 9.58. The molecule has 0 aliphatic carbocycles. The van der Waals surface area contributed by atoms with Gasteiger partial charge < -0.3 is 4.74 Å². The normalized spacial score (nSPS) is 9.89. The molecule has 2 rings (SSSR count). The van der Waals surface area contributed by atoms with Gasteiger partial charge in [0.25, 0.3) is 0 Å². The van der Waals surface area contributed by atoms with Crippen molar-refractivity contribution in [2.24, 2.45) is 0 Å². The van der Waals surface area contributed by atoms with Crippen LogP contribution in [-0.4, -0.2) is 0 Å². The van der Waals surface area contributed by atoms with Crippen LogP contribution in [0.15, 0.2) is 45.3 Å². The van der Waals surface area contributed by atoms with E-state index in [-0.39, 0.29) is 0 Å². The largest absolute Gasteiger partial charge is 0.457 e. The summed E-state index contributed by atoms with van der Waals surface area (Å²) in [4.78, 5) is 0. The van der Waals surface area contributed by atoms with Crippen molar-refractivity contribution >= 4 is 31.9 Å². The number of hydrogen-bond donors (Lipinski definition) is 0. The van der Waals surface area contributed by atoms with Gasteiger partial charge in [-0.05, 0) is 64.8 Å². The minimum atomic E-state index is 0.592. The van der Waals surface area contributed by atoms with Gasteiger partial charge in [-0.2, -0.15) is 5.26 Å². The fourth-order valence-electron chi connectivity index (χ4n) is 1.50. The third-order valence-electron chi connectivity index (χ3n) is 2.43. The van der Waals surface area contributed by atoms with Crippen LogP contribution in [0.3, 0.4) is 0 Å². The Kier molecular flexibility index (Phi) is 4.05. The molecule has 18 heavy (non-hydrogen) atoms. The Morgan fingerprint density at radius 3 is 2.50 bits per heavy atom. The van der Waals surface area contributed by atoms with Crippen molar-refractivity contribution < 1.29 is 4.74 Å². The quantitative estimate of drug-likeness (QED) is 0.733. The van der Waals surface area contributed by atoms with Crippen LogP contribution >= 0.6 is 31.9 Å². The summed E-state index contributed by atoms with van der Waals surface area (Å²) in [5.41, 5.74) is 1.64. The highest BCUT2D eigenvalue weighted by molar-refractivity contribution is 9.10. The molecule has 0 aromatic heterocycles. The summed E-state index contributed by atoms with van der Waals surface area (Å²) in [7, 11) is 0. The molecule has 0 radical (unpaired) electrons. The highest BCUT2D eigenvalue weighted by Crippen LogP contribution is 2.30.